The van der Waals surface area contributed by atoms with E-state index in [1.807, 2.05) is 59.5 Å². The third-order valence-electron chi connectivity index (χ3n) is 9.94. The van der Waals surface area contributed by atoms with Crippen molar-refractivity contribution >= 4 is 34.1 Å². The summed E-state index contributed by atoms with van der Waals surface area (Å²) in [5.74, 6) is -1.37. The van der Waals surface area contributed by atoms with E-state index in [4.69, 9.17) is 4.74 Å². The molecule has 3 heterocycles. The van der Waals surface area contributed by atoms with E-state index in [2.05, 4.69) is 15.6 Å². The number of fused-ring (bicyclic) bond motifs is 2. The molecule has 45 heavy (non-hydrogen) atoms. The largest absolute Gasteiger partial charge is 0.382 e. The summed E-state index contributed by atoms with van der Waals surface area (Å²) in [6.07, 6.45) is 7.05. The Hall–Kier alpha value is -4.30. The minimum absolute atomic E-state index is 0.0598. The molecule has 2 amide bonds. The Morgan fingerprint density at radius 3 is 2.53 bits per heavy atom. The highest BCUT2D eigenvalue weighted by atomic mass is 19.1. The third kappa shape index (κ3) is 5.91. The summed E-state index contributed by atoms with van der Waals surface area (Å²) in [7, 11) is 0. The number of hydrogen-bond acceptors (Lipinski definition) is 5. The zero-order valence-electron chi connectivity index (χ0n) is 25.5. The summed E-state index contributed by atoms with van der Waals surface area (Å²) in [5, 5.41) is 7.76. The molecular weight excluding hydrogens is 567 g/mol. The number of carbonyl (C=O) groups excluding carboxylic acids is 2. The normalized spacial score (nSPS) is 23.5. The Balaban J connectivity index is 1.26. The molecule has 0 radical (unpaired) electrons. The van der Waals surface area contributed by atoms with Crippen LogP contribution in [-0.4, -0.2) is 47.0 Å². The van der Waals surface area contributed by atoms with Crippen LogP contribution in [0.2, 0.25) is 0 Å². The molecule has 2 saturated heterocycles. The number of carbonyl (C=O) groups is 2. The van der Waals surface area contributed by atoms with Crippen LogP contribution in [0.3, 0.4) is 0 Å². The van der Waals surface area contributed by atoms with E-state index >= 15 is 4.39 Å². The van der Waals surface area contributed by atoms with Gasteiger partial charge in [0.1, 0.15) is 5.82 Å². The van der Waals surface area contributed by atoms with E-state index in [0.717, 1.165) is 67.5 Å². The van der Waals surface area contributed by atoms with Crippen LogP contribution in [0.4, 0.5) is 15.8 Å². The predicted octanol–water partition coefficient (Wildman–Crippen LogP) is 7.28. The van der Waals surface area contributed by atoms with Crippen LogP contribution in [-0.2, 0) is 9.53 Å². The van der Waals surface area contributed by atoms with Crippen molar-refractivity contribution in [2.24, 2.45) is 11.8 Å². The number of ether oxygens (including phenoxy) is 1. The van der Waals surface area contributed by atoms with Crippen LogP contribution in [0, 0.1) is 24.6 Å². The molecule has 0 spiro atoms. The maximum absolute atomic E-state index is 15.3. The van der Waals surface area contributed by atoms with Gasteiger partial charge in [-0.05, 0) is 92.5 Å². The van der Waals surface area contributed by atoms with Crippen molar-refractivity contribution in [2.75, 3.05) is 23.8 Å². The Morgan fingerprint density at radius 1 is 0.933 bits per heavy atom. The Bertz CT molecular complexity index is 1680. The van der Waals surface area contributed by atoms with Crippen molar-refractivity contribution in [3.05, 3.63) is 102 Å². The monoisotopic (exact) mass is 606 g/mol. The molecule has 1 saturated carbocycles. The van der Waals surface area contributed by atoms with Gasteiger partial charge in [-0.3, -0.25) is 14.6 Å². The number of aryl methyl sites for hydroxylation is 1. The second kappa shape index (κ2) is 12.6. The molecule has 2 N–H and O–H groups in total. The minimum atomic E-state index is -0.549. The second-order valence-electron chi connectivity index (χ2n) is 12.7. The third-order valence-corrected chi connectivity index (χ3v) is 9.94. The maximum Gasteiger partial charge on any atom is 0.257 e. The lowest BCUT2D eigenvalue weighted by atomic mass is 9.76. The van der Waals surface area contributed by atoms with Gasteiger partial charge in [0.05, 0.1) is 23.0 Å². The highest BCUT2D eigenvalue weighted by Crippen LogP contribution is 2.49. The van der Waals surface area contributed by atoms with Gasteiger partial charge in [-0.2, -0.15) is 0 Å². The molecule has 1 aromatic heterocycles. The van der Waals surface area contributed by atoms with Gasteiger partial charge < -0.3 is 20.3 Å². The smallest absolute Gasteiger partial charge is 0.257 e. The molecule has 2 unspecified atom stereocenters. The fourth-order valence-electron chi connectivity index (χ4n) is 7.70. The van der Waals surface area contributed by atoms with Crippen molar-refractivity contribution in [3.63, 3.8) is 0 Å². The lowest BCUT2D eigenvalue weighted by Gasteiger charge is -2.48. The molecule has 4 aromatic rings. The van der Waals surface area contributed by atoms with Crippen LogP contribution in [0.15, 0.2) is 79.0 Å². The SMILES string of the molecule is Cc1cccc(F)c1C(=O)N1C(c2ccc(NC3CCOCC3)cc2)C(C(=O)Nc2ccc3cccnc3c2)C[C@@H]2CCC[C@@H]21. The molecule has 7 nitrogen and oxygen atoms in total. The fourth-order valence-corrected chi connectivity index (χ4v) is 7.70. The summed E-state index contributed by atoms with van der Waals surface area (Å²) in [4.78, 5) is 35.1. The van der Waals surface area contributed by atoms with E-state index in [0.29, 0.717) is 23.7 Å². The Kier molecular flexibility index (Phi) is 8.23. The number of pyridine rings is 1. The summed E-state index contributed by atoms with van der Waals surface area (Å²) in [6, 6.07) is 22.2. The van der Waals surface area contributed by atoms with Crippen LogP contribution < -0.4 is 10.6 Å². The summed E-state index contributed by atoms with van der Waals surface area (Å²) < 4.78 is 20.8. The standard InChI is InChI=1S/C37H39FN4O3/c1-23-5-2-8-31(38)34(23)37(44)42-33-9-3-6-26(33)21-30(36(43)41-29-15-10-24-7-4-18-39-32(24)22-29)35(42)25-11-13-27(14-12-25)40-28-16-19-45-20-17-28/h2,4-5,7-8,10-15,18,22,26,28,30,33,35,40H,3,6,9,16-17,19-21H2,1H3,(H,41,43)/t26-,30?,33-,35?/m0/s1. The van der Waals surface area contributed by atoms with Crippen LogP contribution in [0.25, 0.3) is 10.9 Å². The molecule has 7 rings (SSSR count). The van der Waals surface area contributed by atoms with Crippen molar-refractivity contribution in [1.29, 1.82) is 0 Å². The van der Waals surface area contributed by atoms with Gasteiger partial charge in [-0.25, -0.2) is 4.39 Å². The van der Waals surface area contributed by atoms with Crippen molar-refractivity contribution in [2.45, 2.75) is 63.6 Å². The van der Waals surface area contributed by atoms with Crippen molar-refractivity contribution in [3.8, 4) is 0 Å². The lowest BCUT2D eigenvalue weighted by molar-refractivity contribution is -0.125. The van der Waals surface area contributed by atoms with Gasteiger partial charge in [0.15, 0.2) is 0 Å². The molecule has 1 aliphatic carbocycles. The van der Waals surface area contributed by atoms with Gasteiger partial charge in [0.2, 0.25) is 5.91 Å². The molecule has 3 aromatic carbocycles. The molecule has 4 atom stereocenters. The molecule has 3 fully saturated rings. The average molecular weight is 607 g/mol. The highest BCUT2D eigenvalue weighted by Gasteiger charge is 2.50. The van der Waals surface area contributed by atoms with Crippen LogP contribution in [0.1, 0.15) is 66.1 Å². The first-order valence-corrected chi connectivity index (χ1v) is 16.1. The molecule has 2 aliphatic heterocycles. The zero-order chi connectivity index (χ0) is 30.9. The first kappa shape index (κ1) is 29.4. The van der Waals surface area contributed by atoms with Gasteiger partial charge in [0.25, 0.3) is 5.91 Å². The first-order valence-electron chi connectivity index (χ1n) is 16.1. The van der Waals surface area contributed by atoms with E-state index in [9.17, 15) is 9.59 Å². The zero-order valence-corrected chi connectivity index (χ0v) is 25.5. The number of halogens is 1. The number of hydrogen-bond donors (Lipinski definition) is 2. The molecule has 232 valence electrons. The molecule has 0 bridgehead atoms. The van der Waals surface area contributed by atoms with Crippen LogP contribution >= 0.6 is 0 Å². The minimum Gasteiger partial charge on any atom is -0.382 e. The molecule has 3 aliphatic rings. The number of benzene rings is 3. The Labute approximate surface area is 263 Å². The number of aromatic nitrogens is 1. The first-order chi connectivity index (χ1) is 22.0. The highest BCUT2D eigenvalue weighted by molar-refractivity contribution is 5.99. The predicted molar refractivity (Wildman–Crippen MR) is 174 cm³/mol. The summed E-state index contributed by atoms with van der Waals surface area (Å²) in [5.41, 5.74) is 4.02. The number of piperidine rings is 1. The maximum atomic E-state index is 15.3. The summed E-state index contributed by atoms with van der Waals surface area (Å²) >= 11 is 0. The van der Waals surface area contributed by atoms with E-state index in [1.165, 1.54) is 6.07 Å². The van der Waals surface area contributed by atoms with Crippen molar-refractivity contribution in [1.82, 2.24) is 9.88 Å². The van der Waals surface area contributed by atoms with Gasteiger partial charge >= 0.3 is 0 Å². The number of rotatable bonds is 6. The number of nitrogens with zero attached hydrogens (tertiary/aromatic N) is 2. The van der Waals surface area contributed by atoms with Gasteiger partial charge in [-0.1, -0.05) is 42.8 Å². The fraction of sp³-hybridized carbons (Fsp3) is 0.378. The number of amides is 2. The topological polar surface area (TPSA) is 83.6 Å². The quantitative estimate of drug-likeness (QED) is 0.241. The number of anilines is 2. The second-order valence-corrected chi connectivity index (χ2v) is 12.7. The lowest BCUT2D eigenvalue weighted by Crippen LogP contribution is -2.54. The van der Waals surface area contributed by atoms with Crippen molar-refractivity contribution < 1.29 is 18.7 Å². The average Bonchev–Trinajstić information content (AvgIpc) is 3.53. The number of likely N-dealkylation sites (tertiary alicyclic amines) is 1. The Morgan fingerprint density at radius 2 is 1.73 bits per heavy atom. The van der Waals surface area contributed by atoms with E-state index in [-0.39, 0.29) is 29.3 Å². The van der Waals surface area contributed by atoms with E-state index in [1.54, 1.807) is 25.3 Å². The van der Waals surface area contributed by atoms with Gasteiger partial charge in [-0.15, -0.1) is 0 Å². The van der Waals surface area contributed by atoms with E-state index < -0.39 is 17.8 Å². The summed E-state index contributed by atoms with van der Waals surface area (Å²) in [6.45, 7) is 3.27. The molecule has 8 heteroatoms. The van der Waals surface area contributed by atoms with Crippen LogP contribution in [0.5, 0.6) is 0 Å². The van der Waals surface area contributed by atoms with Gasteiger partial charge in [0, 0.05) is 48.3 Å². The number of nitrogens with one attached hydrogen (secondary N) is 2. The molecular formula is C37H39FN4O3.